The SMILES string of the molecule is Cc1ccc2c(c1)Cc1cccc(C)c1-2.[Zr]. The number of hydrogen-bond donors (Lipinski definition) is 0. The number of hydrogen-bond acceptors (Lipinski definition) is 0. The third-order valence-corrected chi connectivity index (χ3v) is 3.27. The predicted molar refractivity (Wildman–Crippen MR) is 64.2 cm³/mol. The maximum absolute atomic E-state index is 2.31. The van der Waals surface area contributed by atoms with Crippen LogP contribution in [0.3, 0.4) is 0 Å². The van der Waals surface area contributed by atoms with Crippen LogP contribution in [0, 0.1) is 13.8 Å². The molecule has 3 rings (SSSR count). The maximum Gasteiger partial charge on any atom is 0 e. The summed E-state index contributed by atoms with van der Waals surface area (Å²) < 4.78 is 0. The molecule has 16 heavy (non-hydrogen) atoms. The van der Waals surface area contributed by atoms with Gasteiger partial charge in [0, 0.05) is 26.2 Å². The zero-order valence-electron chi connectivity index (χ0n) is 9.67. The van der Waals surface area contributed by atoms with E-state index in [2.05, 4.69) is 50.2 Å². The quantitative estimate of drug-likeness (QED) is 0.588. The second kappa shape index (κ2) is 4.30. The van der Waals surface area contributed by atoms with Crippen molar-refractivity contribution in [3.05, 3.63) is 58.7 Å². The Morgan fingerprint density at radius 2 is 1.75 bits per heavy atom. The van der Waals surface area contributed by atoms with Crippen molar-refractivity contribution in [2.24, 2.45) is 0 Å². The predicted octanol–water partition coefficient (Wildman–Crippen LogP) is 3.87. The van der Waals surface area contributed by atoms with Crippen LogP contribution in [-0.4, -0.2) is 0 Å². The molecule has 0 unspecified atom stereocenters. The summed E-state index contributed by atoms with van der Waals surface area (Å²) in [5.41, 5.74) is 8.63. The van der Waals surface area contributed by atoms with Gasteiger partial charge >= 0.3 is 0 Å². The summed E-state index contributed by atoms with van der Waals surface area (Å²) in [7, 11) is 0. The molecular weight excluding hydrogens is 271 g/mol. The molecule has 0 heterocycles. The summed E-state index contributed by atoms with van der Waals surface area (Å²) in [6, 6.07) is 13.4. The molecule has 0 atom stereocenters. The van der Waals surface area contributed by atoms with Gasteiger partial charge in [-0.1, -0.05) is 42.0 Å². The van der Waals surface area contributed by atoms with E-state index in [-0.39, 0.29) is 26.2 Å². The molecule has 0 radical (unpaired) electrons. The maximum atomic E-state index is 2.31. The second-order valence-electron chi connectivity index (χ2n) is 4.45. The molecule has 1 aliphatic carbocycles. The van der Waals surface area contributed by atoms with Crippen LogP contribution in [0.5, 0.6) is 0 Å². The van der Waals surface area contributed by atoms with Gasteiger partial charge in [0.1, 0.15) is 0 Å². The average Bonchev–Trinajstić information content (AvgIpc) is 2.56. The molecule has 78 valence electrons. The van der Waals surface area contributed by atoms with E-state index in [9.17, 15) is 0 Å². The van der Waals surface area contributed by atoms with Gasteiger partial charge in [-0.2, -0.15) is 0 Å². The van der Waals surface area contributed by atoms with Crippen LogP contribution in [0.25, 0.3) is 11.1 Å². The standard InChI is InChI=1S/C15H14.Zr/c1-10-6-7-14-13(8-10)9-12-5-3-4-11(2)15(12)14;/h3-8H,9H2,1-2H3;. The van der Waals surface area contributed by atoms with Crippen LogP contribution in [0.15, 0.2) is 36.4 Å². The van der Waals surface area contributed by atoms with E-state index in [4.69, 9.17) is 0 Å². The Morgan fingerprint density at radius 3 is 2.56 bits per heavy atom. The van der Waals surface area contributed by atoms with Crippen molar-refractivity contribution in [1.29, 1.82) is 0 Å². The molecule has 0 nitrogen and oxygen atoms in total. The topological polar surface area (TPSA) is 0 Å². The molecule has 0 spiro atoms. The zero-order chi connectivity index (χ0) is 10.4. The van der Waals surface area contributed by atoms with Gasteiger partial charge < -0.3 is 0 Å². The molecule has 0 amide bonds. The normalized spacial score (nSPS) is 11.6. The van der Waals surface area contributed by atoms with Crippen LogP contribution < -0.4 is 0 Å². The van der Waals surface area contributed by atoms with Crippen LogP contribution in [0.1, 0.15) is 22.3 Å². The summed E-state index contributed by atoms with van der Waals surface area (Å²) in [5.74, 6) is 0. The van der Waals surface area contributed by atoms with E-state index < -0.39 is 0 Å². The summed E-state index contributed by atoms with van der Waals surface area (Å²) in [5, 5.41) is 0. The van der Waals surface area contributed by atoms with E-state index in [1.807, 2.05) is 0 Å². The Balaban J connectivity index is 0.000000963. The minimum atomic E-state index is 0. The molecule has 0 bridgehead atoms. The molecule has 0 N–H and O–H groups in total. The molecule has 1 aliphatic rings. The van der Waals surface area contributed by atoms with Crippen molar-refractivity contribution >= 4 is 0 Å². The largest absolute Gasteiger partial charge is 0.0617 e. The van der Waals surface area contributed by atoms with Crippen LogP contribution in [-0.2, 0) is 32.6 Å². The van der Waals surface area contributed by atoms with Gasteiger partial charge in [-0.25, -0.2) is 0 Å². The third-order valence-electron chi connectivity index (χ3n) is 3.27. The first-order valence-corrected chi connectivity index (χ1v) is 5.44. The van der Waals surface area contributed by atoms with E-state index in [1.54, 1.807) is 0 Å². The number of fused-ring (bicyclic) bond motifs is 3. The van der Waals surface area contributed by atoms with E-state index in [0.717, 1.165) is 6.42 Å². The van der Waals surface area contributed by atoms with Crippen LogP contribution >= 0.6 is 0 Å². The number of rotatable bonds is 0. The smallest absolute Gasteiger partial charge is 0 e. The Labute approximate surface area is 116 Å². The first-order valence-electron chi connectivity index (χ1n) is 5.44. The van der Waals surface area contributed by atoms with Gasteiger partial charge in [-0.3, -0.25) is 0 Å². The van der Waals surface area contributed by atoms with Gasteiger partial charge in [0.05, 0.1) is 0 Å². The zero-order valence-corrected chi connectivity index (χ0v) is 12.1. The molecule has 2 aromatic carbocycles. The van der Waals surface area contributed by atoms with E-state index >= 15 is 0 Å². The molecule has 1 heteroatoms. The summed E-state index contributed by atoms with van der Waals surface area (Å²) >= 11 is 0. The fourth-order valence-corrected chi connectivity index (χ4v) is 2.58. The third kappa shape index (κ3) is 1.72. The Hall–Kier alpha value is -0.677. The van der Waals surface area contributed by atoms with Crippen molar-refractivity contribution in [3.63, 3.8) is 0 Å². The Kier molecular flexibility index (Phi) is 3.17. The minimum Gasteiger partial charge on any atom is -0.0617 e. The van der Waals surface area contributed by atoms with Crippen molar-refractivity contribution < 1.29 is 26.2 Å². The molecule has 0 aromatic heterocycles. The molecule has 0 saturated heterocycles. The molecule has 0 aliphatic heterocycles. The van der Waals surface area contributed by atoms with Gasteiger partial charge in [-0.15, -0.1) is 0 Å². The second-order valence-corrected chi connectivity index (χ2v) is 4.45. The van der Waals surface area contributed by atoms with Gasteiger partial charge in [0.25, 0.3) is 0 Å². The molecule has 2 aromatic rings. The van der Waals surface area contributed by atoms with Crippen LogP contribution in [0.4, 0.5) is 0 Å². The van der Waals surface area contributed by atoms with E-state index in [1.165, 1.54) is 33.4 Å². The monoisotopic (exact) mass is 284 g/mol. The van der Waals surface area contributed by atoms with Gasteiger partial charge in [0.15, 0.2) is 0 Å². The van der Waals surface area contributed by atoms with Crippen molar-refractivity contribution in [2.45, 2.75) is 20.3 Å². The molecule has 0 fully saturated rings. The fourth-order valence-electron chi connectivity index (χ4n) is 2.58. The first kappa shape index (κ1) is 11.8. The van der Waals surface area contributed by atoms with Crippen molar-refractivity contribution in [1.82, 2.24) is 0 Å². The average molecular weight is 286 g/mol. The van der Waals surface area contributed by atoms with Gasteiger partial charge in [-0.05, 0) is 48.1 Å². The summed E-state index contributed by atoms with van der Waals surface area (Å²) in [4.78, 5) is 0. The Morgan fingerprint density at radius 1 is 0.938 bits per heavy atom. The van der Waals surface area contributed by atoms with E-state index in [0.29, 0.717) is 0 Å². The van der Waals surface area contributed by atoms with Crippen molar-refractivity contribution in [3.8, 4) is 11.1 Å². The van der Waals surface area contributed by atoms with Crippen molar-refractivity contribution in [2.75, 3.05) is 0 Å². The summed E-state index contributed by atoms with van der Waals surface area (Å²) in [6.07, 6.45) is 1.11. The Bertz CT molecular complexity index is 541. The molecular formula is C15H14Zr. The van der Waals surface area contributed by atoms with Gasteiger partial charge in [0.2, 0.25) is 0 Å². The number of benzene rings is 2. The minimum absolute atomic E-state index is 0. The summed E-state index contributed by atoms with van der Waals surface area (Å²) in [6.45, 7) is 4.36. The van der Waals surface area contributed by atoms with Crippen LogP contribution in [0.2, 0.25) is 0 Å². The fraction of sp³-hybridized carbons (Fsp3) is 0.200. The first-order chi connectivity index (χ1) is 7.25. The molecule has 0 saturated carbocycles. The number of aryl methyl sites for hydroxylation is 2.